The maximum absolute atomic E-state index is 11.8. The summed E-state index contributed by atoms with van der Waals surface area (Å²) in [5.74, 6) is 2.31. The average molecular weight is 315 g/mol. The van der Waals surface area contributed by atoms with Crippen LogP contribution >= 0.6 is 11.8 Å². The molecule has 0 unspecified atom stereocenters. The first-order valence-corrected chi connectivity index (χ1v) is 8.44. The van der Waals surface area contributed by atoms with E-state index in [1.165, 1.54) is 11.1 Å². The molecular weight excluding hydrogens is 294 g/mol. The predicted molar refractivity (Wildman–Crippen MR) is 92.3 cm³/mol. The lowest BCUT2D eigenvalue weighted by Gasteiger charge is -2.06. The molecule has 2 rings (SSSR count). The molecule has 0 aliphatic carbocycles. The molecule has 1 amide bonds. The van der Waals surface area contributed by atoms with Crippen LogP contribution < -0.4 is 10.1 Å². The molecule has 0 radical (unpaired) electrons. The molecule has 2 aromatic rings. The molecule has 2 aromatic carbocycles. The van der Waals surface area contributed by atoms with Crippen molar-refractivity contribution >= 4 is 17.7 Å². The van der Waals surface area contributed by atoms with Crippen LogP contribution in [0.15, 0.2) is 54.6 Å². The van der Waals surface area contributed by atoms with Gasteiger partial charge in [-0.1, -0.05) is 42.5 Å². The maximum atomic E-state index is 11.8. The number of methoxy groups -OCH3 is 1. The number of hydrogen-bond acceptors (Lipinski definition) is 3. The van der Waals surface area contributed by atoms with Crippen molar-refractivity contribution in [3.8, 4) is 5.75 Å². The Balaban J connectivity index is 1.61. The second-order valence-corrected chi connectivity index (χ2v) is 5.91. The van der Waals surface area contributed by atoms with Gasteiger partial charge in [0.25, 0.3) is 0 Å². The molecule has 22 heavy (non-hydrogen) atoms. The number of thioether (sulfide) groups is 1. The van der Waals surface area contributed by atoms with Crippen molar-refractivity contribution < 1.29 is 9.53 Å². The summed E-state index contributed by atoms with van der Waals surface area (Å²) in [5, 5.41) is 2.95. The van der Waals surface area contributed by atoms with E-state index in [-0.39, 0.29) is 5.91 Å². The molecule has 0 spiro atoms. The lowest BCUT2D eigenvalue weighted by Crippen LogP contribution is -2.27. The molecule has 0 saturated carbocycles. The van der Waals surface area contributed by atoms with Crippen LogP contribution in [-0.2, 0) is 17.0 Å². The van der Waals surface area contributed by atoms with Crippen LogP contribution in [-0.4, -0.2) is 25.3 Å². The summed E-state index contributed by atoms with van der Waals surface area (Å²) < 4.78 is 5.12. The van der Waals surface area contributed by atoms with E-state index in [2.05, 4.69) is 17.4 Å². The quantitative estimate of drug-likeness (QED) is 0.812. The first-order valence-electron chi connectivity index (χ1n) is 7.29. The van der Waals surface area contributed by atoms with Crippen LogP contribution in [0.1, 0.15) is 11.1 Å². The van der Waals surface area contributed by atoms with Crippen molar-refractivity contribution in [2.45, 2.75) is 12.2 Å². The zero-order valence-electron chi connectivity index (χ0n) is 12.7. The normalized spacial score (nSPS) is 10.2. The van der Waals surface area contributed by atoms with Gasteiger partial charge >= 0.3 is 0 Å². The van der Waals surface area contributed by atoms with Crippen molar-refractivity contribution in [1.82, 2.24) is 5.32 Å². The van der Waals surface area contributed by atoms with Gasteiger partial charge in [0.1, 0.15) is 5.75 Å². The molecule has 116 valence electrons. The second kappa shape index (κ2) is 9.15. The van der Waals surface area contributed by atoms with E-state index in [0.29, 0.717) is 12.3 Å². The highest BCUT2D eigenvalue weighted by molar-refractivity contribution is 7.99. The molecule has 1 N–H and O–H groups in total. The summed E-state index contributed by atoms with van der Waals surface area (Å²) in [6.07, 6.45) is 0.832. The van der Waals surface area contributed by atoms with Crippen molar-refractivity contribution in [2.75, 3.05) is 19.4 Å². The average Bonchev–Trinajstić information content (AvgIpc) is 2.56. The van der Waals surface area contributed by atoms with E-state index in [0.717, 1.165) is 17.9 Å². The summed E-state index contributed by atoms with van der Waals surface area (Å²) in [4.78, 5) is 11.8. The highest BCUT2D eigenvalue weighted by Crippen LogP contribution is 2.12. The van der Waals surface area contributed by atoms with Gasteiger partial charge in [-0.05, 0) is 29.7 Å². The van der Waals surface area contributed by atoms with Gasteiger partial charge in [-0.3, -0.25) is 4.79 Å². The third kappa shape index (κ3) is 5.82. The van der Waals surface area contributed by atoms with Gasteiger partial charge < -0.3 is 10.1 Å². The van der Waals surface area contributed by atoms with E-state index in [9.17, 15) is 4.79 Å². The van der Waals surface area contributed by atoms with Crippen LogP contribution in [0.4, 0.5) is 0 Å². The maximum Gasteiger partial charge on any atom is 0.230 e. The fourth-order valence-corrected chi connectivity index (χ4v) is 2.84. The molecule has 0 saturated heterocycles. The summed E-state index contributed by atoms with van der Waals surface area (Å²) in [6.45, 7) is 0.664. The number of ether oxygens (including phenoxy) is 1. The van der Waals surface area contributed by atoms with Crippen LogP contribution in [0, 0.1) is 0 Å². The minimum absolute atomic E-state index is 0.0921. The fraction of sp³-hybridized carbons (Fsp3) is 0.278. The Labute approximate surface area is 136 Å². The van der Waals surface area contributed by atoms with E-state index in [1.54, 1.807) is 18.9 Å². The summed E-state index contributed by atoms with van der Waals surface area (Å²) >= 11 is 1.64. The lowest BCUT2D eigenvalue weighted by atomic mass is 10.1. The first kappa shape index (κ1) is 16.4. The molecule has 0 bridgehead atoms. The zero-order valence-corrected chi connectivity index (χ0v) is 13.6. The van der Waals surface area contributed by atoms with Crippen molar-refractivity contribution in [3.63, 3.8) is 0 Å². The zero-order chi connectivity index (χ0) is 15.6. The van der Waals surface area contributed by atoms with Crippen molar-refractivity contribution in [3.05, 3.63) is 65.7 Å². The van der Waals surface area contributed by atoms with Gasteiger partial charge in [-0.25, -0.2) is 0 Å². The highest BCUT2D eigenvalue weighted by Gasteiger charge is 2.02. The largest absolute Gasteiger partial charge is 0.497 e. The Morgan fingerprint density at radius 1 is 1.05 bits per heavy atom. The molecule has 0 fully saturated rings. The van der Waals surface area contributed by atoms with E-state index in [4.69, 9.17) is 4.74 Å². The standard InChI is InChI=1S/C18H21NO2S/c1-21-17-9-7-15(8-10-17)11-12-19-18(20)14-22-13-16-5-3-2-4-6-16/h2-10H,11-14H2,1H3,(H,19,20). The third-order valence-electron chi connectivity index (χ3n) is 3.24. The Morgan fingerprint density at radius 3 is 2.45 bits per heavy atom. The Bertz CT molecular complexity index is 569. The predicted octanol–water partition coefficient (Wildman–Crippen LogP) is 3.29. The number of benzene rings is 2. The molecule has 0 aromatic heterocycles. The van der Waals surface area contributed by atoms with Gasteiger partial charge in [-0.2, -0.15) is 0 Å². The molecule has 3 nitrogen and oxygen atoms in total. The number of rotatable bonds is 8. The summed E-state index contributed by atoms with van der Waals surface area (Å²) in [5.41, 5.74) is 2.44. The number of hydrogen-bond donors (Lipinski definition) is 1. The van der Waals surface area contributed by atoms with Gasteiger partial charge in [0.15, 0.2) is 0 Å². The lowest BCUT2D eigenvalue weighted by molar-refractivity contribution is -0.118. The number of carbonyl (C=O) groups excluding carboxylic acids is 1. The van der Waals surface area contributed by atoms with E-state index < -0.39 is 0 Å². The summed E-state index contributed by atoms with van der Waals surface area (Å²) in [7, 11) is 1.66. The van der Waals surface area contributed by atoms with Crippen molar-refractivity contribution in [1.29, 1.82) is 0 Å². The second-order valence-electron chi connectivity index (χ2n) is 4.93. The molecule has 0 aliphatic rings. The number of nitrogens with one attached hydrogen (secondary N) is 1. The van der Waals surface area contributed by atoms with Gasteiger partial charge in [0.2, 0.25) is 5.91 Å². The highest BCUT2D eigenvalue weighted by atomic mass is 32.2. The molecule has 0 heterocycles. The minimum atomic E-state index is 0.0921. The Hall–Kier alpha value is -1.94. The SMILES string of the molecule is COc1ccc(CCNC(=O)CSCc2ccccc2)cc1. The van der Waals surface area contributed by atoms with Crippen molar-refractivity contribution in [2.24, 2.45) is 0 Å². The third-order valence-corrected chi connectivity index (χ3v) is 4.24. The van der Waals surface area contributed by atoms with Gasteiger partial charge in [0, 0.05) is 12.3 Å². The Kier molecular flexibility index (Phi) is 6.84. The van der Waals surface area contributed by atoms with E-state index in [1.807, 2.05) is 42.5 Å². The molecule has 0 aliphatic heterocycles. The summed E-state index contributed by atoms with van der Waals surface area (Å²) in [6, 6.07) is 18.1. The first-order chi connectivity index (χ1) is 10.8. The Morgan fingerprint density at radius 2 is 1.77 bits per heavy atom. The molecule has 0 atom stereocenters. The number of carbonyl (C=O) groups is 1. The van der Waals surface area contributed by atoms with Crippen LogP contribution in [0.5, 0.6) is 5.75 Å². The van der Waals surface area contributed by atoms with Gasteiger partial charge in [-0.15, -0.1) is 11.8 Å². The molecule has 4 heteroatoms. The smallest absolute Gasteiger partial charge is 0.230 e. The molecular formula is C18H21NO2S. The minimum Gasteiger partial charge on any atom is -0.497 e. The van der Waals surface area contributed by atoms with E-state index >= 15 is 0 Å². The fourth-order valence-electron chi connectivity index (χ4n) is 2.03. The van der Waals surface area contributed by atoms with Crippen LogP contribution in [0.3, 0.4) is 0 Å². The monoisotopic (exact) mass is 315 g/mol. The topological polar surface area (TPSA) is 38.3 Å². The van der Waals surface area contributed by atoms with Crippen LogP contribution in [0.2, 0.25) is 0 Å². The van der Waals surface area contributed by atoms with Crippen LogP contribution in [0.25, 0.3) is 0 Å². The van der Waals surface area contributed by atoms with Gasteiger partial charge in [0.05, 0.1) is 12.9 Å². The number of amides is 1.